The third-order valence-electron chi connectivity index (χ3n) is 8.98. The molecule has 0 unspecified atom stereocenters. The fraction of sp³-hybridized carbons (Fsp3) is 0.0244. The fourth-order valence-electron chi connectivity index (χ4n) is 5.94. The van der Waals surface area contributed by atoms with Crippen molar-refractivity contribution in [2.75, 3.05) is 16.4 Å². The van der Waals surface area contributed by atoms with Gasteiger partial charge in [0.15, 0.2) is 5.75 Å². The van der Waals surface area contributed by atoms with Crippen molar-refractivity contribution in [2.45, 2.75) is 16.7 Å². The average molecular weight is 876 g/mol. The standard InChI is InChI=1S/C41H31N7O9S2.2Na/c1-23-18-31(44-41(51)25-4-10-30(11-5-25)43-40(50)24-2-8-29(42)9-3-24)14-17-36(23)47-45-33-13-16-35-28(20-33)22-37(59(55,56)57)38(39(35)49)48-46-32-12-6-27-21-34(58(52,53)54)15-7-26(27)19-32;;/h2-22,49H,42H2,1H3,(H,43,50)(H,44,51)(H,52,53,54)(H,55,56,57);;. The fourth-order valence-corrected chi connectivity index (χ4v) is 7.11. The van der Waals surface area contributed by atoms with Gasteiger partial charge in [0.2, 0.25) is 0 Å². The molecule has 0 aromatic heterocycles. The zero-order valence-corrected chi connectivity index (χ0v) is 38.2. The number of aryl methyl sites for hydroxylation is 1. The molecule has 61 heavy (non-hydrogen) atoms. The summed E-state index contributed by atoms with van der Waals surface area (Å²) in [7, 11) is -9.34. The smallest absolute Gasteiger partial charge is 0.296 e. The molecule has 0 heterocycles. The third kappa shape index (κ3) is 11.1. The minimum atomic E-state index is -4.92. The topological polar surface area (TPSA) is 263 Å². The van der Waals surface area contributed by atoms with Gasteiger partial charge in [-0.25, -0.2) is 0 Å². The summed E-state index contributed by atoms with van der Waals surface area (Å²) in [5.41, 5.74) is 9.13. The van der Waals surface area contributed by atoms with E-state index in [0.717, 1.165) is 6.07 Å². The summed E-state index contributed by atoms with van der Waals surface area (Å²) in [6, 6.07) is 31.9. The Bertz CT molecular complexity index is 3130. The quantitative estimate of drug-likeness (QED) is 0.0329. The van der Waals surface area contributed by atoms with Crippen LogP contribution in [0.15, 0.2) is 158 Å². The zero-order valence-electron chi connectivity index (χ0n) is 32.6. The van der Waals surface area contributed by atoms with E-state index in [-0.39, 0.29) is 98.0 Å². The number of benzene rings is 7. The third-order valence-corrected chi connectivity index (χ3v) is 10.7. The van der Waals surface area contributed by atoms with Crippen molar-refractivity contribution in [2.24, 2.45) is 20.5 Å². The summed E-state index contributed by atoms with van der Waals surface area (Å²) in [5, 5.41) is 34.6. The van der Waals surface area contributed by atoms with E-state index >= 15 is 0 Å². The van der Waals surface area contributed by atoms with E-state index in [1.165, 1.54) is 54.6 Å². The average Bonchev–Trinajstić information content (AvgIpc) is 3.19. The molecular weight excluding hydrogens is 845 g/mol. The van der Waals surface area contributed by atoms with E-state index in [4.69, 9.17) is 5.73 Å². The Morgan fingerprint density at radius 1 is 0.574 bits per heavy atom. The first-order valence-electron chi connectivity index (χ1n) is 17.3. The summed E-state index contributed by atoms with van der Waals surface area (Å²) >= 11 is 0. The van der Waals surface area contributed by atoms with Crippen LogP contribution in [0.3, 0.4) is 0 Å². The summed E-state index contributed by atoms with van der Waals surface area (Å²) in [5.74, 6) is -1.27. The monoisotopic (exact) mass is 875 g/mol. The molecule has 0 spiro atoms. The van der Waals surface area contributed by atoms with Crippen LogP contribution in [-0.2, 0) is 20.2 Å². The van der Waals surface area contributed by atoms with Crippen LogP contribution in [0, 0.1) is 6.92 Å². The van der Waals surface area contributed by atoms with Gasteiger partial charge in [-0.15, -0.1) is 5.11 Å². The number of phenolic OH excluding ortho intramolecular Hbond substituents is 1. The molecule has 20 heteroatoms. The van der Waals surface area contributed by atoms with Crippen molar-refractivity contribution in [3.05, 3.63) is 144 Å². The van der Waals surface area contributed by atoms with Crippen molar-refractivity contribution >= 4 is 153 Å². The van der Waals surface area contributed by atoms with Crippen LogP contribution in [0.1, 0.15) is 26.3 Å². The van der Waals surface area contributed by atoms with Gasteiger partial charge >= 0.3 is 0 Å². The Morgan fingerprint density at radius 2 is 1.11 bits per heavy atom. The van der Waals surface area contributed by atoms with Gasteiger partial charge in [-0.2, -0.15) is 32.2 Å². The maximum absolute atomic E-state index is 13.0. The van der Waals surface area contributed by atoms with E-state index in [2.05, 4.69) is 31.1 Å². The van der Waals surface area contributed by atoms with Gasteiger partial charge in [0.05, 0.1) is 22.0 Å². The van der Waals surface area contributed by atoms with Crippen molar-refractivity contribution in [1.29, 1.82) is 0 Å². The number of rotatable bonds is 10. The first-order chi connectivity index (χ1) is 28.0. The Labute approximate surface area is 393 Å². The van der Waals surface area contributed by atoms with Crippen molar-refractivity contribution in [3.8, 4) is 5.75 Å². The van der Waals surface area contributed by atoms with E-state index in [1.54, 1.807) is 73.7 Å². The van der Waals surface area contributed by atoms with Gasteiger partial charge in [0.1, 0.15) is 10.6 Å². The maximum atomic E-state index is 13.0. The Hall–Kier alpha value is -5.38. The van der Waals surface area contributed by atoms with Crippen LogP contribution >= 0.6 is 0 Å². The predicted octanol–water partition coefficient (Wildman–Crippen LogP) is 8.66. The van der Waals surface area contributed by atoms with Crippen LogP contribution in [0.25, 0.3) is 21.5 Å². The van der Waals surface area contributed by atoms with E-state index < -0.39 is 36.6 Å². The number of nitrogens with zero attached hydrogens (tertiary/aromatic N) is 4. The number of phenols is 1. The summed E-state index contributed by atoms with van der Waals surface area (Å²) < 4.78 is 67.3. The molecule has 7 aromatic carbocycles. The minimum Gasteiger partial charge on any atom is -0.505 e. The van der Waals surface area contributed by atoms with Gasteiger partial charge in [0.25, 0.3) is 32.1 Å². The van der Waals surface area contributed by atoms with Crippen molar-refractivity contribution in [3.63, 3.8) is 0 Å². The number of carbonyl (C=O) groups excluding carboxylic acids is 2. The molecule has 0 atom stereocenters. The van der Waals surface area contributed by atoms with Crippen LogP contribution in [0.4, 0.5) is 39.8 Å². The maximum Gasteiger partial charge on any atom is 0.296 e. The number of hydrogen-bond acceptors (Lipinski definition) is 12. The number of nitrogens with two attached hydrogens (primary N) is 1. The number of hydrogen-bond donors (Lipinski definition) is 6. The Balaban J connectivity index is 0.00000352. The molecule has 0 saturated carbocycles. The van der Waals surface area contributed by atoms with Gasteiger partial charge in [0, 0.05) is 92.7 Å². The number of aromatic hydroxyl groups is 1. The van der Waals surface area contributed by atoms with Gasteiger partial charge in [-0.3, -0.25) is 18.7 Å². The van der Waals surface area contributed by atoms with Gasteiger partial charge < -0.3 is 21.5 Å². The largest absolute Gasteiger partial charge is 0.505 e. The normalized spacial score (nSPS) is 11.7. The minimum absolute atomic E-state index is 0. The molecule has 298 valence electrons. The van der Waals surface area contributed by atoms with Crippen LogP contribution in [0.2, 0.25) is 0 Å². The second-order valence-corrected chi connectivity index (χ2v) is 15.9. The number of anilines is 3. The molecule has 0 bridgehead atoms. The van der Waals surface area contributed by atoms with Crippen LogP contribution < -0.4 is 16.4 Å². The van der Waals surface area contributed by atoms with Gasteiger partial charge in [-0.05, 0) is 144 Å². The molecule has 0 aliphatic carbocycles. The van der Waals surface area contributed by atoms with Gasteiger partial charge in [-0.1, -0.05) is 12.1 Å². The number of fused-ring (bicyclic) bond motifs is 2. The number of nitrogens with one attached hydrogen (secondary N) is 2. The molecule has 0 fully saturated rings. The second kappa shape index (κ2) is 19.1. The van der Waals surface area contributed by atoms with Crippen molar-refractivity contribution in [1.82, 2.24) is 0 Å². The first kappa shape index (κ1) is 46.7. The summed E-state index contributed by atoms with van der Waals surface area (Å²) in [6.07, 6.45) is 0. The van der Waals surface area contributed by atoms with E-state index in [0.29, 0.717) is 50.2 Å². The molecule has 0 aliphatic rings. The predicted molar refractivity (Wildman–Crippen MR) is 233 cm³/mol. The first-order valence-corrected chi connectivity index (χ1v) is 20.2. The molecule has 7 rings (SSSR count). The van der Waals surface area contributed by atoms with E-state index in [1.807, 2.05) is 0 Å². The Kier molecular flexibility index (Phi) is 14.6. The molecule has 2 amide bonds. The molecule has 7 aromatic rings. The number of amides is 2. The molecule has 0 saturated heterocycles. The molecule has 0 aliphatic heterocycles. The Morgan fingerprint density at radius 3 is 1.74 bits per heavy atom. The number of nitrogen functional groups attached to an aromatic ring is 1. The SMILES string of the molecule is Cc1cc(NC(=O)c2ccc(NC(=O)c3ccc(N)cc3)cc2)ccc1N=Nc1ccc2c(O)c(N=Nc3ccc4cc(S(=O)(=O)O)ccc4c3)c(S(=O)(=O)O)cc2c1.[Na].[Na]. The number of azo groups is 2. The second-order valence-electron chi connectivity index (χ2n) is 13.1. The molecular formula is C41H31N7Na2O9S2. The molecule has 7 N–H and O–H groups in total. The van der Waals surface area contributed by atoms with E-state index in [9.17, 15) is 40.6 Å². The summed E-state index contributed by atoms with van der Waals surface area (Å²) in [6.45, 7) is 1.77. The van der Waals surface area contributed by atoms with Crippen LogP contribution in [-0.4, -0.2) is 102 Å². The zero-order chi connectivity index (χ0) is 42.1. The summed E-state index contributed by atoms with van der Waals surface area (Å²) in [4.78, 5) is 24.5. The number of carbonyl (C=O) groups is 2. The van der Waals surface area contributed by atoms with Crippen molar-refractivity contribution < 1.29 is 40.6 Å². The molecule has 2 radical (unpaired) electrons. The van der Waals surface area contributed by atoms with Crippen LogP contribution in [0.5, 0.6) is 5.75 Å². The molecule has 16 nitrogen and oxygen atoms in total.